The van der Waals surface area contributed by atoms with Crippen LogP contribution in [0.2, 0.25) is 0 Å². The highest BCUT2D eigenvalue weighted by atomic mass is 16.4. The first-order chi connectivity index (χ1) is 22.1. The molecule has 1 aliphatic rings. The SMILES string of the molecule is CCCn1c(=O)n(C)c(=O)c2c1nc(CCCN1CCN(C(c3ccccc3)c3ccccc3)CC1)n2C.O=C(O)/C=C/C(=O)O. The fourth-order valence-electron chi connectivity index (χ4n) is 5.86. The molecule has 0 atom stereocenters. The molecule has 0 saturated carbocycles. The summed E-state index contributed by atoms with van der Waals surface area (Å²) in [5.41, 5.74) is 3.12. The minimum atomic E-state index is -1.26. The van der Waals surface area contributed by atoms with Gasteiger partial charge in [-0.1, -0.05) is 67.6 Å². The van der Waals surface area contributed by atoms with Gasteiger partial charge in [-0.25, -0.2) is 19.4 Å². The Bertz CT molecular complexity index is 1710. The normalized spacial score (nSPS) is 14.1. The maximum Gasteiger partial charge on any atom is 0.332 e. The summed E-state index contributed by atoms with van der Waals surface area (Å²) in [7, 11) is 3.43. The Hall–Kier alpha value is -4.81. The standard InChI is InChI=1S/C30H38N6O2.C4H4O4/c1-4-17-36-28-27(29(37)33(3)30(36)38)32(2)25(31-28)16-11-18-34-19-21-35(22-20-34)26(23-12-7-5-8-13-23)24-14-9-6-10-15-24;5-3(6)1-2-4(7)8/h5-10,12-15,26H,4,11,16-22H2,1-3H3;1-2H,(H,5,6)(H,7,8)/b;2-1+. The average Bonchev–Trinajstić information content (AvgIpc) is 3.38. The van der Waals surface area contributed by atoms with Gasteiger partial charge in [-0.3, -0.25) is 18.8 Å². The van der Waals surface area contributed by atoms with Crippen molar-refractivity contribution in [2.24, 2.45) is 14.1 Å². The smallest absolute Gasteiger partial charge is 0.332 e. The van der Waals surface area contributed by atoms with Crippen molar-refractivity contribution >= 4 is 23.1 Å². The number of rotatable bonds is 11. The number of benzene rings is 2. The summed E-state index contributed by atoms with van der Waals surface area (Å²) >= 11 is 0. The lowest BCUT2D eigenvalue weighted by Gasteiger charge is -2.39. The minimum Gasteiger partial charge on any atom is -0.478 e. The van der Waals surface area contributed by atoms with Crippen LogP contribution >= 0.6 is 0 Å². The van der Waals surface area contributed by atoms with Crippen molar-refractivity contribution < 1.29 is 19.8 Å². The number of hydrogen-bond donors (Lipinski definition) is 2. The van der Waals surface area contributed by atoms with E-state index in [1.54, 1.807) is 11.6 Å². The van der Waals surface area contributed by atoms with E-state index in [0.717, 1.165) is 57.8 Å². The van der Waals surface area contributed by atoms with E-state index in [2.05, 4.69) is 70.5 Å². The minimum absolute atomic E-state index is 0.267. The Balaban J connectivity index is 0.000000533. The van der Waals surface area contributed by atoms with Crippen LogP contribution in [0.25, 0.3) is 11.2 Å². The van der Waals surface area contributed by atoms with Gasteiger partial charge in [-0.05, 0) is 30.5 Å². The van der Waals surface area contributed by atoms with Gasteiger partial charge in [0.25, 0.3) is 5.56 Å². The number of imidazole rings is 1. The molecule has 244 valence electrons. The number of aromatic nitrogens is 4. The van der Waals surface area contributed by atoms with Crippen LogP contribution in [-0.4, -0.2) is 83.4 Å². The summed E-state index contributed by atoms with van der Waals surface area (Å²) < 4.78 is 4.71. The predicted octanol–water partition coefficient (Wildman–Crippen LogP) is 2.90. The van der Waals surface area contributed by atoms with Crippen molar-refractivity contribution in [2.45, 2.75) is 38.8 Å². The molecule has 0 radical (unpaired) electrons. The van der Waals surface area contributed by atoms with Crippen molar-refractivity contribution in [1.82, 2.24) is 28.5 Å². The second-order valence-electron chi connectivity index (χ2n) is 11.3. The van der Waals surface area contributed by atoms with Gasteiger partial charge in [-0.15, -0.1) is 0 Å². The van der Waals surface area contributed by atoms with Gasteiger partial charge < -0.3 is 19.7 Å². The first-order valence-electron chi connectivity index (χ1n) is 15.5. The second kappa shape index (κ2) is 16.0. The molecule has 12 heteroatoms. The van der Waals surface area contributed by atoms with Gasteiger partial charge in [0, 0.05) is 65.4 Å². The fourth-order valence-corrected chi connectivity index (χ4v) is 5.86. The predicted molar refractivity (Wildman–Crippen MR) is 176 cm³/mol. The van der Waals surface area contributed by atoms with Crippen LogP contribution in [0.4, 0.5) is 0 Å². The zero-order valence-corrected chi connectivity index (χ0v) is 26.6. The zero-order chi connectivity index (χ0) is 33.2. The lowest BCUT2D eigenvalue weighted by Crippen LogP contribution is -2.48. The average molecular weight is 631 g/mol. The number of aryl methyl sites for hydroxylation is 3. The van der Waals surface area contributed by atoms with Crippen LogP contribution in [0.15, 0.2) is 82.4 Å². The van der Waals surface area contributed by atoms with Gasteiger partial charge in [0.2, 0.25) is 0 Å². The third-order valence-electron chi connectivity index (χ3n) is 8.14. The van der Waals surface area contributed by atoms with Gasteiger partial charge >= 0.3 is 17.6 Å². The molecular weight excluding hydrogens is 588 g/mol. The van der Waals surface area contributed by atoms with Gasteiger partial charge in [-0.2, -0.15) is 0 Å². The first kappa shape index (κ1) is 34.1. The van der Waals surface area contributed by atoms with Crippen LogP contribution in [0.3, 0.4) is 0 Å². The molecule has 1 fully saturated rings. The highest BCUT2D eigenvalue weighted by Gasteiger charge is 2.26. The third kappa shape index (κ3) is 8.26. The summed E-state index contributed by atoms with van der Waals surface area (Å²) in [5, 5.41) is 15.6. The van der Waals surface area contributed by atoms with Gasteiger partial charge in [0.15, 0.2) is 11.2 Å². The van der Waals surface area contributed by atoms with E-state index < -0.39 is 11.9 Å². The van der Waals surface area contributed by atoms with E-state index in [9.17, 15) is 19.2 Å². The number of fused-ring (bicyclic) bond motifs is 1. The van der Waals surface area contributed by atoms with E-state index in [1.807, 2.05) is 18.5 Å². The quantitative estimate of drug-likeness (QED) is 0.239. The van der Waals surface area contributed by atoms with Crippen LogP contribution in [0, 0.1) is 0 Å². The van der Waals surface area contributed by atoms with Crippen molar-refractivity contribution in [1.29, 1.82) is 0 Å². The highest BCUT2D eigenvalue weighted by Crippen LogP contribution is 2.29. The topological polar surface area (TPSA) is 143 Å². The Kier molecular flexibility index (Phi) is 11.8. The second-order valence-corrected chi connectivity index (χ2v) is 11.3. The summed E-state index contributed by atoms with van der Waals surface area (Å²) in [5.74, 6) is -1.65. The molecule has 0 aliphatic carbocycles. The maximum atomic E-state index is 12.8. The largest absolute Gasteiger partial charge is 0.478 e. The summed E-state index contributed by atoms with van der Waals surface area (Å²) in [6.07, 6.45) is 3.65. The molecule has 0 amide bonds. The molecule has 4 aromatic rings. The van der Waals surface area contributed by atoms with E-state index in [4.69, 9.17) is 15.2 Å². The molecule has 1 saturated heterocycles. The summed E-state index contributed by atoms with van der Waals surface area (Å²) in [6, 6.07) is 21.8. The van der Waals surface area contributed by atoms with Crippen LogP contribution in [-0.2, 0) is 36.6 Å². The van der Waals surface area contributed by atoms with E-state index in [-0.39, 0.29) is 17.3 Å². The molecule has 1 aliphatic heterocycles. The molecule has 3 heterocycles. The Morgan fingerprint density at radius 2 is 1.37 bits per heavy atom. The van der Waals surface area contributed by atoms with Crippen molar-refractivity contribution in [2.75, 3.05) is 32.7 Å². The Labute approximate surface area is 267 Å². The molecule has 0 bridgehead atoms. The molecule has 46 heavy (non-hydrogen) atoms. The van der Waals surface area contributed by atoms with E-state index in [0.29, 0.717) is 29.9 Å². The van der Waals surface area contributed by atoms with Crippen LogP contribution < -0.4 is 11.2 Å². The lowest BCUT2D eigenvalue weighted by molar-refractivity contribution is -0.134. The van der Waals surface area contributed by atoms with Crippen molar-refractivity contribution in [3.8, 4) is 0 Å². The molecule has 2 aromatic heterocycles. The van der Waals surface area contributed by atoms with Gasteiger partial charge in [0.1, 0.15) is 5.82 Å². The first-order valence-corrected chi connectivity index (χ1v) is 15.5. The number of carbonyl (C=O) groups is 2. The van der Waals surface area contributed by atoms with Gasteiger partial charge in [0.05, 0.1) is 6.04 Å². The number of carboxylic acid groups (broad SMARTS) is 2. The fraction of sp³-hybridized carbons (Fsp3) is 0.382. The molecule has 2 aromatic carbocycles. The number of hydrogen-bond acceptors (Lipinski definition) is 7. The van der Waals surface area contributed by atoms with Crippen molar-refractivity contribution in [3.63, 3.8) is 0 Å². The number of nitrogens with zero attached hydrogens (tertiary/aromatic N) is 6. The van der Waals surface area contributed by atoms with Crippen molar-refractivity contribution in [3.05, 3.63) is 111 Å². The monoisotopic (exact) mass is 630 g/mol. The number of piperazine rings is 1. The molecule has 12 nitrogen and oxygen atoms in total. The van der Waals surface area contributed by atoms with Crippen LogP contribution in [0.1, 0.15) is 42.8 Å². The zero-order valence-electron chi connectivity index (χ0n) is 26.6. The highest BCUT2D eigenvalue weighted by molar-refractivity contribution is 5.89. The third-order valence-corrected chi connectivity index (χ3v) is 8.14. The van der Waals surface area contributed by atoms with E-state index in [1.165, 1.54) is 15.7 Å². The number of aliphatic carboxylic acids is 2. The Morgan fingerprint density at radius 1 is 0.826 bits per heavy atom. The molecule has 5 rings (SSSR count). The summed E-state index contributed by atoms with van der Waals surface area (Å²) in [6.45, 7) is 7.63. The van der Waals surface area contributed by atoms with Crippen LogP contribution in [0.5, 0.6) is 0 Å². The molecular formula is C34H42N6O6. The lowest BCUT2D eigenvalue weighted by atomic mass is 9.96. The molecule has 0 spiro atoms. The molecule has 0 unspecified atom stereocenters. The Morgan fingerprint density at radius 3 is 1.87 bits per heavy atom. The van der Waals surface area contributed by atoms with E-state index >= 15 is 0 Å². The maximum absolute atomic E-state index is 12.8. The molecule has 2 N–H and O–H groups in total. The summed E-state index contributed by atoms with van der Waals surface area (Å²) in [4.78, 5) is 54.5. The number of carboxylic acids is 2.